The van der Waals surface area contributed by atoms with E-state index in [-0.39, 0.29) is 11.7 Å². The summed E-state index contributed by atoms with van der Waals surface area (Å²) in [6.45, 7) is 5.49. The molecule has 2 heterocycles. The van der Waals surface area contributed by atoms with Crippen molar-refractivity contribution in [3.63, 3.8) is 0 Å². The highest BCUT2D eigenvalue weighted by atomic mass is 16.6. The van der Waals surface area contributed by atoms with Gasteiger partial charge < -0.3 is 9.47 Å². The monoisotopic (exact) mass is 354 g/mol. The molecule has 1 aliphatic heterocycles. The lowest BCUT2D eigenvalue weighted by Gasteiger charge is -2.26. The molecule has 0 spiro atoms. The Morgan fingerprint density at radius 2 is 1.92 bits per heavy atom. The van der Waals surface area contributed by atoms with Crippen LogP contribution in [0.1, 0.15) is 54.7 Å². The molecule has 1 aromatic heterocycles. The van der Waals surface area contributed by atoms with Gasteiger partial charge in [-0.2, -0.15) is 4.98 Å². The molecular weight excluding hydrogens is 328 g/mol. The van der Waals surface area contributed by atoms with Gasteiger partial charge in [-0.05, 0) is 61.4 Å². The average molecular weight is 354 g/mol. The maximum atomic E-state index is 11.3. The van der Waals surface area contributed by atoms with Crippen molar-refractivity contribution < 1.29 is 9.47 Å². The minimum absolute atomic E-state index is 0.122. The van der Waals surface area contributed by atoms with Crippen molar-refractivity contribution >= 4 is 0 Å². The number of nitrogens with zero attached hydrogens (tertiary/aromatic N) is 2. The van der Waals surface area contributed by atoms with E-state index in [1.54, 1.807) is 6.20 Å². The molecule has 0 N–H and O–H groups in total. The molecule has 1 atom stereocenters. The van der Waals surface area contributed by atoms with E-state index in [1.165, 1.54) is 54.9 Å². The molecule has 0 bridgehead atoms. The fraction of sp³-hybridized carbons (Fsp3) is 0.524. The summed E-state index contributed by atoms with van der Waals surface area (Å²) < 4.78 is 13.6. The van der Waals surface area contributed by atoms with Crippen LogP contribution >= 0.6 is 0 Å². The van der Waals surface area contributed by atoms with E-state index in [9.17, 15) is 4.79 Å². The normalized spacial score (nSPS) is 19.8. The van der Waals surface area contributed by atoms with E-state index >= 15 is 0 Å². The maximum absolute atomic E-state index is 11.3. The van der Waals surface area contributed by atoms with Crippen LogP contribution in [-0.2, 0) is 6.54 Å². The minimum Gasteiger partial charge on any atom is -0.490 e. The molecule has 0 radical (unpaired) electrons. The number of hydrogen-bond donors (Lipinski definition) is 0. The van der Waals surface area contributed by atoms with Crippen molar-refractivity contribution in [1.82, 2.24) is 9.55 Å². The van der Waals surface area contributed by atoms with E-state index in [1.807, 2.05) is 4.57 Å². The molecule has 0 amide bonds. The van der Waals surface area contributed by atoms with Crippen molar-refractivity contribution in [2.24, 2.45) is 0 Å². The van der Waals surface area contributed by atoms with Crippen LogP contribution in [-0.4, -0.2) is 22.3 Å². The van der Waals surface area contributed by atoms with Gasteiger partial charge in [-0.3, -0.25) is 9.36 Å². The lowest BCUT2D eigenvalue weighted by atomic mass is 9.80. The van der Waals surface area contributed by atoms with Gasteiger partial charge in [-0.15, -0.1) is 0 Å². The van der Waals surface area contributed by atoms with Gasteiger partial charge in [0.15, 0.2) is 6.10 Å². The first-order chi connectivity index (χ1) is 12.6. The molecule has 4 rings (SSSR count). The Balaban J connectivity index is 1.42. The molecule has 26 heavy (non-hydrogen) atoms. The van der Waals surface area contributed by atoms with E-state index in [2.05, 4.69) is 31.0 Å². The number of benzene rings is 1. The maximum Gasteiger partial charge on any atom is 0.300 e. The number of fused-ring (bicyclic) bond motifs is 1. The second-order valence-corrected chi connectivity index (χ2v) is 7.56. The summed E-state index contributed by atoms with van der Waals surface area (Å²) in [5.41, 5.74) is 3.90. The Hall–Kier alpha value is -2.30. The molecule has 2 aliphatic rings. The number of aromatic nitrogens is 2. The Labute approximate surface area is 154 Å². The van der Waals surface area contributed by atoms with E-state index in [0.717, 1.165) is 5.75 Å². The molecule has 1 aromatic carbocycles. The van der Waals surface area contributed by atoms with Gasteiger partial charge in [0.1, 0.15) is 12.4 Å². The van der Waals surface area contributed by atoms with E-state index in [4.69, 9.17) is 9.47 Å². The number of ether oxygens (including phenoxy) is 2. The zero-order valence-electron chi connectivity index (χ0n) is 15.5. The van der Waals surface area contributed by atoms with Gasteiger partial charge in [0.25, 0.3) is 11.6 Å². The standard InChI is InChI=1S/C21H26N2O3/c1-14-10-17(11-15(2)20(14)16-6-4-3-5-7-16)25-13-18-12-23-9-8-19(24)22-21(23)26-18/h8-11,16,18H,3-7,12-13H2,1-2H3/t18-/m0/s1. The minimum atomic E-state index is -0.276. The van der Waals surface area contributed by atoms with Crippen molar-refractivity contribution in [2.45, 2.75) is 64.5 Å². The van der Waals surface area contributed by atoms with Crippen molar-refractivity contribution in [3.8, 4) is 11.8 Å². The summed E-state index contributed by atoms with van der Waals surface area (Å²) in [6.07, 6.45) is 8.28. The summed E-state index contributed by atoms with van der Waals surface area (Å²) in [4.78, 5) is 15.2. The molecule has 2 aromatic rings. The smallest absolute Gasteiger partial charge is 0.300 e. The van der Waals surface area contributed by atoms with Crippen LogP contribution in [0.15, 0.2) is 29.2 Å². The summed E-state index contributed by atoms with van der Waals surface area (Å²) in [7, 11) is 0. The average Bonchev–Trinajstić information content (AvgIpc) is 3.02. The SMILES string of the molecule is Cc1cc(OC[C@@H]2Cn3ccc(=O)nc3O2)cc(C)c1C1CCCCC1. The molecule has 0 saturated heterocycles. The Morgan fingerprint density at radius 1 is 1.19 bits per heavy atom. The van der Waals surface area contributed by atoms with Crippen LogP contribution in [0.2, 0.25) is 0 Å². The van der Waals surface area contributed by atoms with E-state index in [0.29, 0.717) is 25.1 Å². The molecule has 5 heteroatoms. The van der Waals surface area contributed by atoms with E-state index < -0.39 is 0 Å². The summed E-state index contributed by atoms with van der Waals surface area (Å²) in [5, 5.41) is 0. The quantitative estimate of drug-likeness (QED) is 0.839. The first kappa shape index (κ1) is 17.1. The topological polar surface area (TPSA) is 53.4 Å². The predicted octanol–water partition coefficient (Wildman–Crippen LogP) is 3.75. The molecule has 138 valence electrons. The van der Waals surface area contributed by atoms with Crippen LogP contribution in [0, 0.1) is 13.8 Å². The molecule has 5 nitrogen and oxygen atoms in total. The lowest BCUT2D eigenvalue weighted by molar-refractivity contribution is 0.143. The van der Waals surface area contributed by atoms with Gasteiger partial charge in [-0.1, -0.05) is 19.3 Å². The summed E-state index contributed by atoms with van der Waals surface area (Å²) >= 11 is 0. The van der Waals surface area contributed by atoms with Crippen molar-refractivity contribution in [2.75, 3.05) is 6.61 Å². The van der Waals surface area contributed by atoms with Crippen LogP contribution in [0.5, 0.6) is 11.8 Å². The fourth-order valence-electron chi connectivity index (χ4n) is 4.38. The largest absolute Gasteiger partial charge is 0.490 e. The Bertz CT molecular complexity index is 830. The molecule has 1 saturated carbocycles. The zero-order chi connectivity index (χ0) is 18.1. The molecule has 1 aliphatic carbocycles. The van der Waals surface area contributed by atoms with Gasteiger partial charge in [0, 0.05) is 12.3 Å². The number of hydrogen-bond acceptors (Lipinski definition) is 4. The van der Waals surface area contributed by atoms with Crippen LogP contribution < -0.4 is 15.0 Å². The Morgan fingerprint density at radius 3 is 2.65 bits per heavy atom. The van der Waals surface area contributed by atoms with Crippen LogP contribution in [0.25, 0.3) is 0 Å². The fourth-order valence-corrected chi connectivity index (χ4v) is 4.38. The number of rotatable bonds is 4. The molecule has 1 fully saturated rings. The number of aryl methyl sites for hydroxylation is 2. The third-order valence-corrected chi connectivity index (χ3v) is 5.54. The Kier molecular flexibility index (Phi) is 4.70. The summed E-state index contributed by atoms with van der Waals surface area (Å²) in [6, 6.07) is 6.14. The second kappa shape index (κ2) is 7.14. The molecular formula is C21H26N2O3. The lowest BCUT2D eigenvalue weighted by Crippen LogP contribution is -2.23. The predicted molar refractivity (Wildman–Crippen MR) is 100 cm³/mol. The highest BCUT2D eigenvalue weighted by molar-refractivity contribution is 5.43. The van der Waals surface area contributed by atoms with Crippen LogP contribution in [0.4, 0.5) is 0 Å². The van der Waals surface area contributed by atoms with Gasteiger partial charge in [-0.25, -0.2) is 0 Å². The van der Waals surface area contributed by atoms with Gasteiger partial charge >= 0.3 is 0 Å². The molecule has 0 unspecified atom stereocenters. The third kappa shape index (κ3) is 3.48. The first-order valence-corrected chi connectivity index (χ1v) is 9.58. The van der Waals surface area contributed by atoms with Crippen LogP contribution in [0.3, 0.4) is 0 Å². The zero-order valence-corrected chi connectivity index (χ0v) is 15.5. The first-order valence-electron chi connectivity index (χ1n) is 9.58. The second-order valence-electron chi connectivity index (χ2n) is 7.56. The summed E-state index contributed by atoms with van der Waals surface area (Å²) in [5.74, 6) is 1.59. The third-order valence-electron chi connectivity index (χ3n) is 5.54. The highest BCUT2D eigenvalue weighted by Gasteiger charge is 2.24. The van der Waals surface area contributed by atoms with Crippen molar-refractivity contribution in [1.29, 1.82) is 0 Å². The van der Waals surface area contributed by atoms with Gasteiger partial charge in [0.2, 0.25) is 0 Å². The van der Waals surface area contributed by atoms with Crippen molar-refractivity contribution in [3.05, 3.63) is 51.4 Å². The van der Waals surface area contributed by atoms with Gasteiger partial charge in [0.05, 0.1) is 6.54 Å². The highest BCUT2D eigenvalue weighted by Crippen LogP contribution is 2.37.